The molecule has 0 unspecified atom stereocenters. The van der Waals surface area contributed by atoms with Crippen LogP contribution in [0.15, 0.2) is 54.6 Å². The average Bonchev–Trinajstić information content (AvgIpc) is 3.12. The first kappa shape index (κ1) is 17.8. The first-order chi connectivity index (χ1) is 12.4. The molecule has 0 spiro atoms. The average molecular weight is 370 g/mol. The summed E-state index contributed by atoms with van der Waals surface area (Å²) in [6.45, 7) is 4.32. The van der Waals surface area contributed by atoms with Crippen molar-refractivity contribution in [1.82, 2.24) is 0 Å². The number of aromatic nitrogens is 1. The Bertz CT molecular complexity index is 1200. The number of hydrogen-bond acceptors (Lipinski definition) is 2. The zero-order chi connectivity index (χ0) is 18.1. The van der Waals surface area contributed by atoms with Crippen molar-refractivity contribution >= 4 is 31.7 Å². The van der Waals surface area contributed by atoms with E-state index >= 15 is 0 Å². The van der Waals surface area contributed by atoms with Gasteiger partial charge in [0.05, 0.1) is 5.56 Å². The fourth-order valence-corrected chi connectivity index (χ4v) is 5.02. The zero-order valence-corrected chi connectivity index (χ0v) is 15.9. The summed E-state index contributed by atoms with van der Waals surface area (Å²) in [4.78, 5) is 3.27. The summed E-state index contributed by atoms with van der Waals surface area (Å²) in [6, 6.07) is 16.7. The predicted octanol–water partition coefficient (Wildman–Crippen LogP) is 4.52. The number of fused-ring (bicyclic) bond motifs is 4. The van der Waals surface area contributed by atoms with E-state index in [1.165, 1.54) is 34.6 Å². The molecule has 0 fully saturated rings. The second-order valence-electron chi connectivity index (χ2n) is 7.26. The number of halogens is 1. The summed E-state index contributed by atoms with van der Waals surface area (Å²) in [6.07, 6.45) is 0. The van der Waals surface area contributed by atoms with Crippen molar-refractivity contribution in [2.75, 3.05) is 0 Å². The molecule has 0 bridgehead atoms. The van der Waals surface area contributed by atoms with E-state index in [9.17, 15) is 9.50 Å². The van der Waals surface area contributed by atoms with Gasteiger partial charge in [-0.15, -0.1) is 0 Å². The maximum atomic E-state index is 13.5. The van der Waals surface area contributed by atoms with Crippen LogP contribution in [0, 0.1) is 5.82 Å². The topological polar surface area (TPSA) is 37.2 Å². The molecule has 0 atom stereocenters. The Labute approximate surface area is 164 Å². The number of hydrogen-bond donors (Lipinski definition) is 0. The third-order valence-corrected chi connectivity index (χ3v) is 6.42. The molecule has 4 aromatic rings. The molecule has 0 aliphatic heterocycles. The van der Waals surface area contributed by atoms with E-state index in [0.717, 1.165) is 26.4 Å². The van der Waals surface area contributed by atoms with Crippen LogP contribution >= 0.6 is 11.3 Å². The second-order valence-corrected chi connectivity index (χ2v) is 8.31. The predicted molar refractivity (Wildman–Crippen MR) is 107 cm³/mol. The normalized spacial score (nSPS) is 13.9. The molecule has 128 valence electrons. The van der Waals surface area contributed by atoms with Gasteiger partial charge in [0, 0.05) is 11.5 Å². The largest absolute Gasteiger partial charge is 2.00 e. The summed E-state index contributed by atoms with van der Waals surface area (Å²) in [7, 11) is 0. The summed E-state index contributed by atoms with van der Waals surface area (Å²) in [5.41, 5.74) is 5.90. The fraction of sp³-hybridized carbons (Fsp3) is 0.136. The molecular weight excluding hydrogens is 354 g/mol. The van der Waals surface area contributed by atoms with Gasteiger partial charge in [0.2, 0.25) is 5.52 Å². The van der Waals surface area contributed by atoms with Crippen molar-refractivity contribution in [3.05, 3.63) is 71.5 Å². The molecule has 3 aromatic carbocycles. The van der Waals surface area contributed by atoms with E-state index < -0.39 is 0 Å². The van der Waals surface area contributed by atoms with Gasteiger partial charge in [-0.25, -0.2) is 4.39 Å². The van der Waals surface area contributed by atoms with Crippen molar-refractivity contribution in [1.29, 1.82) is 0 Å². The van der Waals surface area contributed by atoms with Crippen LogP contribution in [-0.4, -0.2) is 10.1 Å². The van der Waals surface area contributed by atoms with Gasteiger partial charge >= 0.3 is 10.1 Å². The minimum atomic E-state index is -0.272. The minimum absolute atomic E-state index is 0. The van der Waals surface area contributed by atoms with Gasteiger partial charge in [-0.05, 0) is 40.5 Å². The van der Waals surface area contributed by atoms with Crippen molar-refractivity contribution in [3.63, 3.8) is 0 Å². The quantitative estimate of drug-likeness (QED) is 0.454. The Morgan fingerprint density at radius 1 is 0.926 bits per heavy atom. The zero-order valence-electron chi connectivity index (χ0n) is 15.1. The maximum Gasteiger partial charge on any atom is 2.00 e. The van der Waals surface area contributed by atoms with Crippen molar-refractivity contribution in [3.8, 4) is 27.4 Å². The third kappa shape index (κ3) is 2.52. The van der Waals surface area contributed by atoms with Crippen LogP contribution < -0.4 is 10.1 Å². The van der Waals surface area contributed by atoms with Crippen LogP contribution in [0.25, 0.3) is 31.9 Å². The van der Waals surface area contributed by atoms with Crippen LogP contribution in [0.3, 0.4) is 0 Å². The molecule has 27 heavy (non-hydrogen) atoms. The summed E-state index contributed by atoms with van der Waals surface area (Å²) >= 11 is 1.41. The van der Waals surface area contributed by atoms with Gasteiger partial charge in [-0.1, -0.05) is 61.3 Å². The molecule has 5 heteroatoms. The van der Waals surface area contributed by atoms with Gasteiger partial charge < -0.3 is 5.11 Å². The van der Waals surface area contributed by atoms with E-state index in [-0.39, 0.29) is 27.1 Å². The van der Waals surface area contributed by atoms with Gasteiger partial charge in [0.25, 0.3) is 5.01 Å². The molecule has 1 aliphatic carbocycles. The SMILES string of the molecule is CC1(C)c2ccccc2-c2cc(-c3[nH+]c4ccc(F)cc4s3)c([O-])cc21.[Be+2]. The maximum absolute atomic E-state index is 13.5. The summed E-state index contributed by atoms with van der Waals surface area (Å²) < 4.78 is 14.3. The standard InChI is InChI=1S/C22H16FNOS.Be/c1-22(2)16-6-4-3-5-13(16)14-10-15(19(25)11-17(14)22)21-24-18-8-7-12(23)9-20(18)26-21;/h3-11,25H,1-2H3;/q;+2. The Hall–Kier alpha value is -2.55. The molecule has 0 saturated carbocycles. The van der Waals surface area contributed by atoms with Gasteiger partial charge in [0.15, 0.2) is 0 Å². The van der Waals surface area contributed by atoms with Crippen LogP contribution in [0.2, 0.25) is 0 Å². The molecule has 2 nitrogen and oxygen atoms in total. The van der Waals surface area contributed by atoms with E-state index in [1.807, 2.05) is 18.2 Å². The Morgan fingerprint density at radius 2 is 1.70 bits per heavy atom. The number of thiazole rings is 1. The molecule has 1 aliphatic rings. The van der Waals surface area contributed by atoms with Crippen LogP contribution in [0.5, 0.6) is 5.75 Å². The van der Waals surface area contributed by atoms with Crippen LogP contribution in [0.4, 0.5) is 4.39 Å². The van der Waals surface area contributed by atoms with E-state index in [1.54, 1.807) is 12.1 Å². The van der Waals surface area contributed by atoms with E-state index in [2.05, 4.69) is 31.0 Å². The number of H-pyrrole nitrogens is 1. The number of aromatic amines is 1. The minimum Gasteiger partial charge on any atom is -0.872 e. The molecular formula is C22H16BeFNOS+2. The molecule has 1 heterocycles. The molecule has 0 radical (unpaired) electrons. The van der Waals surface area contributed by atoms with Crippen LogP contribution in [0.1, 0.15) is 25.0 Å². The summed E-state index contributed by atoms with van der Waals surface area (Å²) in [5.74, 6) is -0.279. The second kappa shape index (κ2) is 5.98. The van der Waals surface area contributed by atoms with Gasteiger partial charge in [-0.2, -0.15) is 4.98 Å². The van der Waals surface area contributed by atoms with Crippen molar-refractivity contribution in [2.45, 2.75) is 19.3 Å². The third-order valence-electron chi connectivity index (χ3n) is 5.33. The molecule has 0 amide bonds. The smallest absolute Gasteiger partial charge is 0.872 e. The Balaban J connectivity index is 0.00000180. The number of rotatable bonds is 1. The summed E-state index contributed by atoms with van der Waals surface area (Å²) in [5, 5.41) is 13.6. The molecule has 5 rings (SSSR count). The Morgan fingerprint density at radius 3 is 2.52 bits per heavy atom. The van der Waals surface area contributed by atoms with Gasteiger partial charge in [0.1, 0.15) is 10.5 Å². The molecule has 1 N–H and O–H groups in total. The first-order valence-corrected chi connectivity index (χ1v) is 9.34. The van der Waals surface area contributed by atoms with Crippen molar-refractivity contribution in [2.24, 2.45) is 0 Å². The van der Waals surface area contributed by atoms with Crippen LogP contribution in [-0.2, 0) is 5.41 Å². The monoisotopic (exact) mass is 370 g/mol. The molecule has 0 saturated heterocycles. The fourth-order valence-electron chi connectivity index (χ4n) is 3.97. The first-order valence-electron chi connectivity index (χ1n) is 8.52. The van der Waals surface area contributed by atoms with E-state index in [0.29, 0.717) is 5.56 Å². The number of nitrogens with one attached hydrogen (secondary N) is 1. The number of benzene rings is 3. The van der Waals surface area contributed by atoms with E-state index in [4.69, 9.17) is 0 Å². The Kier molecular flexibility index (Phi) is 3.95. The molecule has 1 aromatic heterocycles. The van der Waals surface area contributed by atoms with Crippen molar-refractivity contribution < 1.29 is 14.5 Å². The van der Waals surface area contributed by atoms with Gasteiger partial charge in [-0.3, -0.25) is 0 Å².